The highest BCUT2D eigenvalue weighted by Gasteiger charge is 2.32. The molecular formula is C25H27N3O3S. The molecule has 6 nitrogen and oxygen atoms in total. The van der Waals surface area contributed by atoms with Gasteiger partial charge >= 0.3 is 5.97 Å². The van der Waals surface area contributed by atoms with E-state index in [0.29, 0.717) is 32.5 Å². The maximum absolute atomic E-state index is 13.2. The topological polar surface area (TPSA) is 64.4 Å². The third kappa shape index (κ3) is 3.64. The molecule has 0 bridgehead atoms. The molecular weight excluding hydrogens is 422 g/mol. The number of benzene rings is 1. The molecule has 0 atom stereocenters. The summed E-state index contributed by atoms with van der Waals surface area (Å²) in [4.78, 5) is 29.1. The van der Waals surface area contributed by atoms with Crippen LogP contribution in [0, 0.1) is 12.8 Å². The maximum Gasteiger partial charge on any atom is 0.309 e. The van der Waals surface area contributed by atoms with Crippen LogP contribution in [0.2, 0.25) is 0 Å². The van der Waals surface area contributed by atoms with Crippen molar-refractivity contribution in [3.63, 3.8) is 0 Å². The largest absolute Gasteiger partial charge is 0.466 e. The first-order valence-corrected chi connectivity index (χ1v) is 12.1. The lowest BCUT2D eigenvalue weighted by Crippen LogP contribution is -2.40. The number of aromatic nitrogens is 2. The van der Waals surface area contributed by atoms with Crippen molar-refractivity contribution in [2.45, 2.75) is 39.5 Å². The van der Waals surface area contributed by atoms with Gasteiger partial charge < -0.3 is 9.64 Å². The zero-order chi connectivity index (χ0) is 22.2. The normalized spacial score (nSPS) is 15.9. The molecule has 5 rings (SSSR count). The number of ether oxygens (including phenoxy) is 1. The van der Waals surface area contributed by atoms with E-state index in [1.807, 2.05) is 30.0 Å². The minimum absolute atomic E-state index is 0.0707. The van der Waals surface area contributed by atoms with Gasteiger partial charge in [-0.15, -0.1) is 11.3 Å². The summed E-state index contributed by atoms with van der Waals surface area (Å²) in [6, 6.07) is 12.3. The molecule has 2 aliphatic rings. The van der Waals surface area contributed by atoms with Crippen LogP contribution in [0.1, 0.15) is 46.4 Å². The number of esters is 1. The van der Waals surface area contributed by atoms with Crippen molar-refractivity contribution in [1.82, 2.24) is 14.7 Å². The van der Waals surface area contributed by atoms with E-state index in [9.17, 15) is 9.59 Å². The molecule has 2 aromatic heterocycles. The second kappa shape index (κ2) is 8.54. The average molecular weight is 450 g/mol. The first-order chi connectivity index (χ1) is 15.6. The SMILES string of the molecule is CCOC(=O)C1CCN(C(=O)c2cc3c(s2)-c2c(C)nn(-c4ccccc4)c2CC3)CC1. The number of nitrogens with zero attached hydrogens (tertiary/aromatic N) is 3. The van der Waals surface area contributed by atoms with Gasteiger partial charge in [0.15, 0.2) is 0 Å². The van der Waals surface area contributed by atoms with E-state index in [1.54, 1.807) is 11.3 Å². The molecule has 0 N–H and O–H groups in total. The molecule has 3 aromatic rings. The number of hydrogen-bond donors (Lipinski definition) is 0. The van der Waals surface area contributed by atoms with Crippen molar-refractivity contribution >= 4 is 23.2 Å². The predicted octanol–water partition coefficient (Wildman–Crippen LogP) is 4.42. The molecule has 1 saturated heterocycles. The van der Waals surface area contributed by atoms with Gasteiger partial charge in [0.2, 0.25) is 0 Å². The van der Waals surface area contributed by atoms with Crippen LogP contribution in [0.4, 0.5) is 0 Å². The first kappa shape index (κ1) is 20.9. The van der Waals surface area contributed by atoms with Gasteiger partial charge in [0.05, 0.1) is 34.5 Å². The molecule has 7 heteroatoms. The number of aryl methyl sites for hydroxylation is 2. The molecule has 1 amide bonds. The van der Waals surface area contributed by atoms with E-state index in [1.165, 1.54) is 21.7 Å². The van der Waals surface area contributed by atoms with Gasteiger partial charge in [0.25, 0.3) is 5.91 Å². The summed E-state index contributed by atoms with van der Waals surface area (Å²) < 4.78 is 7.20. The van der Waals surface area contributed by atoms with Crippen molar-refractivity contribution in [3.8, 4) is 16.1 Å². The number of amides is 1. The fourth-order valence-electron chi connectivity index (χ4n) is 4.80. The summed E-state index contributed by atoms with van der Waals surface area (Å²) >= 11 is 1.58. The average Bonchev–Trinajstić information content (AvgIpc) is 3.40. The highest BCUT2D eigenvalue weighted by Crippen LogP contribution is 2.42. The van der Waals surface area contributed by atoms with Gasteiger partial charge in [-0.2, -0.15) is 5.10 Å². The van der Waals surface area contributed by atoms with Crippen LogP contribution in [0.15, 0.2) is 36.4 Å². The van der Waals surface area contributed by atoms with Gasteiger partial charge in [-0.1, -0.05) is 18.2 Å². The van der Waals surface area contributed by atoms with Crippen molar-refractivity contribution < 1.29 is 14.3 Å². The number of fused-ring (bicyclic) bond motifs is 3. The molecule has 1 aliphatic carbocycles. The fraction of sp³-hybridized carbons (Fsp3) is 0.400. The molecule has 1 aliphatic heterocycles. The van der Waals surface area contributed by atoms with Crippen LogP contribution < -0.4 is 0 Å². The molecule has 1 aromatic carbocycles. The van der Waals surface area contributed by atoms with Crippen molar-refractivity contribution in [2.24, 2.45) is 5.92 Å². The van der Waals surface area contributed by atoms with Gasteiger partial charge in [0.1, 0.15) is 0 Å². The van der Waals surface area contributed by atoms with Gasteiger partial charge in [0, 0.05) is 23.5 Å². The lowest BCUT2D eigenvalue weighted by Gasteiger charge is -2.30. The predicted molar refractivity (Wildman–Crippen MR) is 124 cm³/mol. The molecule has 0 unspecified atom stereocenters. The highest BCUT2D eigenvalue weighted by atomic mass is 32.1. The summed E-state index contributed by atoms with van der Waals surface area (Å²) in [6.45, 7) is 5.48. The summed E-state index contributed by atoms with van der Waals surface area (Å²) in [5.41, 5.74) is 5.71. The van der Waals surface area contributed by atoms with E-state index in [0.717, 1.165) is 29.1 Å². The van der Waals surface area contributed by atoms with Crippen LogP contribution in [-0.2, 0) is 22.4 Å². The smallest absolute Gasteiger partial charge is 0.309 e. The van der Waals surface area contributed by atoms with Crippen LogP contribution in [-0.4, -0.2) is 46.3 Å². The Morgan fingerprint density at radius 3 is 2.62 bits per heavy atom. The van der Waals surface area contributed by atoms with E-state index < -0.39 is 0 Å². The monoisotopic (exact) mass is 449 g/mol. The van der Waals surface area contributed by atoms with E-state index in [2.05, 4.69) is 29.8 Å². The molecule has 0 spiro atoms. The van der Waals surface area contributed by atoms with E-state index >= 15 is 0 Å². The molecule has 166 valence electrons. The molecule has 32 heavy (non-hydrogen) atoms. The Labute approximate surface area is 191 Å². The number of thiophene rings is 1. The number of para-hydroxylation sites is 1. The van der Waals surface area contributed by atoms with Crippen molar-refractivity contribution in [3.05, 3.63) is 58.2 Å². The molecule has 0 radical (unpaired) electrons. The van der Waals surface area contributed by atoms with Crippen LogP contribution in [0.25, 0.3) is 16.1 Å². The summed E-state index contributed by atoms with van der Waals surface area (Å²) in [5, 5.41) is 4.83. The molecule has 1 fully saturated rings. The van der Waals surface area contributed by atoms with E-state index in [-0.39, 0.29) is 17.8 Å². The van der Waals surface area contributed by atoms with Gasteiger partial charge in [-0.3, -0.25) is 9.59 Å². The quantitative estimate of drug-likeness (QED) is 0.553. The first-order valence-electron chi connectivity index (χ1n) is 11.3. The Bertz CT molecular complexity index is 1160. The second-order valence-electron chi connectivity index (χ2n) is 8.44. The maximum atomic E-state index is 13.2. The van der Waals surface area contributed by atoms with E-state index in [4.69, 9.17) is 9.84 Å². The minimum Gasteiger partial charge on any atom is -0.466 e. The van der Waals surface area contributed by atoms with Gasteiger partial charge in [-0.25, -0.2) is 4.68 Å². The third-order valence-electron chi connectivity index (χ3n) is 6.44. The molecule has 3 heterocycles. The Kier molecular flexibility index (Phi) is 5.59. The summed E-state index contributed by atoms with van der Waals surface area (Å²) in [5.74, 6) is -0.157. The molecule has 0 saturated carbocycles. The zero-order valence-corrected chi connectivity index (χ0v) is 19.3. The lowest BCUT2D eigenvalue weighted by atomic mass is 9.95. The Morgan fingerprint density at radius 2 is 1.91 bits per heavy atom. The van der Waals surface area contributed by atoms with Crippen molar-refractivity contribution in [1.29, 1.82) is 0 Å². The Morgan fingerprint density at radius 1 is 1.16 bits per heavy atom. The Hall–Kier alpha value is -2.93. The standard InChI is InChI=1S/C25H27N3O3S/c1-3-31-25(30)17-11-13-27(14-12-17)24(29)21-15-18-9-10-20-22(23(18)32-21)16(2)26-28(20)19-7-5-4-6-8-19/h4-8,15,17H,3,9-14H2,1-2H3. The number of carbonyl (C=O) groups excluding carboxylic acids is 2. The van der Waals surface area contributed by atoms with Crippen LogP contribution in [0.5, 0.6) is 0 Å². The number of piperidine rings is 1. The number of likely N-dealkylation sites (tertiary alicyclic amines) is 1. The van der Waals surface area contributed by atoms with Crippen LogP contribution >= 0.6 is 11.3 Å². The second-order valence-corrected chi connectivity index (χ2v) is 9.49. The van der Waals surface area contributed by atoms with Crippen molar-refractivity contribution in [2.75, 3.05) is 19.7 Å². The number of hydrogen-bond acceptors (Lipinski definition) is 5. The Balaban J connectivity index is 1.38. The fourth-order valence-corrected chi connectivity index (χ4v) is 6.10. The number of carbonyl (C=O) groups is 2. The number of rotatable bonds is 4. The van der Waals surface area contributed by atoms with Crippen LogP contribution in [0.3, 0.4) is 0 Å². The minimum atomic E-state index is -0.135. The third-order valence-corrected chi connectivity index (χ3v) is 7.62. The summed E-state index contributed by atoms with van der Waals surface area (Å²) in [6.07, 6.45) is 3.16. The lowest BCUT2D eigenvalue weighted by molar-refractivity contribution is -0.149. The van der Waals surface area contributed by atoms with Gasteiger partial charge in [-0.05, 0) is 63.3 Å². The zero-order valence-electron chi connectivity index (χ0n) is 18.5. The highest BCUT2D eigenvalue weighted by molar-refractivity contribution is 7.17. The summed E-state index contributed by atoms with van der Waals surface area (Å²) in [7, 11) is 0.